The van der Waals surface area contributed by atoms with Crippen LogP contribution in [0.15, 0.2) is 36.4 Å². The highest BCUT2D eigenvalue weighted by atomic mass is 32.1. The highest BCUT2D eigenvalue weighted by Crippen LogP contribution is 2.17. The lowest BCUT2D eigenvalue weighted by Gasteiger charge is -2.03. The maximum Gasteiger partial charge on any atom is 0.210 e. The second-order valence-electron chi connectivity index (χ2n) is 3.58. The number of Topliss-reactive ketones (excluding diaryl/α,β-unsaturated/α-hetero) is 1. The van der Waals surface area contributed by atoms with Gasteiger partial charge in [-0.3, -0.25) is 4.79 Å². The molecule has 0 unspecified atom stereocenters. The monoisotopic (exact) mass is 250 g/mol. The van der Waals surface area contributed by atoms with E-state index in [0.29, 0.717) is 10.6 Å². The van der Waals surface area contributed by atoms with Crippen LogP contribution in [0.25, 0.3) is 0 Å². The van der Waals surface area contributed by atoms with Crippen LogP contribution in [0.2, 0.25) is 0 Å². The number of rotatable bonds is 4. The summed E-state index contributed by atoms with van der Waals surface area (Å²) in [7, 11) is 0. The Kier molecular flexibility index (Phi) is 3.54. The predicted octanol–water partition coefficient (Wildman–Crippen LogP) is 3.46. The van der Waals surface area contributed by atoms with Crippen LogP contribution >= 0.6 is 11.3 Å². The average Bonchev–Trinajstić information content (AvgIpc) is 2.75. The molecule has 0 atom stereocenters. The van der Waals surface area contributed by atoms with Gasteiger partial charge in [-0.2, -0.15) is 0 Å². The highest BCUT2D eigenvalue weighted by Gasteiger charge is 2.08. The standard InChI is InChI=1S/C13H11FO2S/c1-9-2-7-13(17-9)12(15)8-16-11-5-3-10(14)4-6-11/h2-7H,8H2,1H3. The number of hydrogen-bond acceptors (Lipinski definition) is 3. The van der Waals surface area contributed by atoms with E-state index in [-0.39, 0.29) is 18.2 Å². The number of halogens is 1. The Bertz CT molecular complexity index is 516. The highest BCUT2D eigenvalue weighted by molar-refractivity contribution is 7.14. The molecule has 0 radical (unpaired) electrons. The molecular formula is C13H11FO2S. The molecule has 1 aromatic carbocycles. The van der Waals surface area contributed by atoms with E-state index in [1.807, 2.05) is 13.0 Å². The Morgan fingerprint density at radius 1 is 1.24 bits per heavy atom. The van der Waals surface area contributed by atoms with Crippen molar-refractivity contribution in [3.05, 3.63) is 52.0 Å². The zero-order valence-corrected chi connectivity index (χ0v) is 10.1. The number of benzene rings is 1. The molecule has 2 nitrogen and oxygen atoms in total. The van der Waals surface area contributed by atoms with Gasteiger partial charge in [0.2, 0.25) is 5.78 Å². The van der Waals surface area contributed by atoms with Gasteiger partial charge in [-0.25, -0.2) is 4.39 Å². The van der Waals surface area contributed by atoms with Gasteiger partial charge in [0, 0.05) is 4.88 Å². The minimum atomic E-state index is -0.322. The van der Waals surface area contributed by atoms with E-state index >= 15 is 0 Å². The Morgan fingerprint density at radius 2 is 1.94 bits per heavy atom. The molecule has 17 heavy (non-hydrogen) atoms. The molecule has 2 rings (SSSR count). The lowest BCUT2D eigenvalue weighted by molar-refractivity contribution is 0.0925. The number of ether oxygens (including phenoxy) is 1. The first kappa shape index (κ1) is 11.8. The van der Waals surface area contributed by atoms with Crippen LogP contribution in [-0.4, -0.2) is 12.4 Å². The zero-order chi connectivity index (χ0) is 12.3. The molecule has 1 aromatic heterocycles. The molecule has 0 fully saturated rings. The van der Waals surface area contributed by atoms with Gasteiger partial charge in [0.05, 0.1) is 4.88 Å². The quantitative estimate of drug-likeness (QED) is 0.777. The van der Waals surface area contributed by atoms with Crippen molar-refractivity contribution in [3.63, 3.8) is 0 Å². The van der Waals surface area contributed by atoms with Crippen molar-refractivity contribution in [1.29, 1.82) is 0 Å². The Balaban J connectivity index is 1.94. The third kappa shape index (κ3) is 3.14. The van der Waals surface area contributed by atoms with E-state index < -0.39 is 0 Å². The van der Waals surface area contributed by atoms with Gasteiger partial charge in [0.25, 0.3) is 0 Å². The molecule has 0 bridgehead atoms. The molecule has 88 valence electrons. The maximum absolute atomic E-state index is 12.6. The van der Waals surface area contributed by atoms with Gasteiger partial charge in [-0.05, 0) is 43.3 Å². The molecule has 0 N–H and O–H groups in total. The van der Waals surface area contributed by atoms with Crippen LogP contribution in [0.1, 0.15) is 14.5 Å². The summed E-state index contributed by atoms with van der Waals surface area (Å²) in [5, 5.41) is 0. The number of hydrogen-bond donors (Lipinski definition) is 0. The summed E-state index contributed by atoms with van der Waals surface area (Å²) in [6.45, 7) is 1.92. The molecule has 1 heterocycles. The fraction of sp³-hybridized carbons (Fsp3) is 0.154. The van der Waals surface area contributed by atoms with Gasteiger partial charge in [-0.15, -0.1) is 11.3 Å². The number of ketones is 1. The summed E-state index contributed by atoms with van der Waals surface area (Å²) in [4.78, 5) is 13.5. The molecule has 0 saturated heterocycles. The number of carbonyl (C=O) groups is 1. The van der Waals surface area contributed by atoms with E-state index in [9.17, 15) is 9.18 Å². The summed E-state index contributed by atoms with van der Waals surface area (Å²) < 4.78 is 17.9. The van der Waals surface area contributed by atoms with Crippen molar-refractivity contribution < 1.29 is 13.9 Å². The number of thiophene rings is 1. The SMILES string of the molecule is Cc1ccc(C(=O)COc2ccc(F)cc2)s1. The fourth-order valence-corrected chi connectivity index (χ4v) is 2.13. The summed E-state index contributed by atoms with van der Waals surface area (Å²) in [5.41, 5.74) is 0. The first-order valence-electron chi connectivity index (χ1n) is 5.13. The Morgan fingerprint density at radius 3 is 2.53 bits per heavy atom. The zero-order valence-electron chi connectivity index (χ0n) is 9.27. The fourth-order valence-electron chi connectivity index (χ4n) is 1.34. The van der Waals surface area contributed by atoms with Gasteiger partial charge < -0.3 is 4.74 Å². The van der Waals surface area contributed by atoms with Crippen molar-refractivity contribution in [2.24, 2.45) is 0 Å². The molecule has 0 saturated carbocycles. The van der Waals surface area contributed by atoms with Gasteiger partial charge >= 0.3 is 0 Å². The maximum atomic E-state index is 12.6. The molecule has 2 aromatic rings. The summed E-state index contributed by atoms with van der Waals surface area (Å²) in [6.07, 6.45) is 0. The second kappa shape index (κ2) is 5.10. The van der Waals surface area contributed by atoms with Crippen molar-refractivity contribution >= 4 is 17.1 Å². The van der Waals surface area contributed by atoms with E-state index in [0.717, 1.165) is 4.88 Å². The Labute approximate surface area is 103 Å². The lowest BCUT2D eigenvalue weighted by Crippen LogP contribution is -2.09. The van der Waals surface area contributed by atoms with E-state index in [1.54, 1.807) is 6.07 Å². The first-order chi connectivity index (χ1) is 8.15. The summed E-state index contributed by atoms with van der Waals surface area (Å²) in [5.74, 6) is 0.109. The molecule has 0 aliphatic rings. The van der Waals surface area contributed by atoms with Crippen LogP contribution in [0.5, 0.6) is 5.75 Å². The van der Waals surface area contributed by atoms with Crippen molar-refractivity contribution in [1.82, 2.24) is 0 Å². The van der Waals surface area contributed by atoms with Gasteiger partial charge in [0.1, 0.15) is 11.6 Å². The van der Waals surface area contributed by atoms with Crippen LogP contribution in [0.4, 0.5) is 4.39 Å². The van der Waals surface area contributed by atoms with Gasteiger partial charge in [-0.1, -0.05) is 0 Å². The molecule has 0 aliphatic carbocycles. The number of carbonyl (C=O) groups excluding carboxylic acids is 1. The van der Waals surface area contributed by atoms with Gasteiger partial charge in [0.15, 0.2) is 6.61 Å². The minimum absolute atomic E-state index is 0.0222. The average molecular weight is 250 g/mol. The summed E-state index contributed by atoms with van der Waals surface area (Å²) >= 11 is 1.44. The van der Waals surface area contributed by atoms with Crippen LogP contribution in [-0.2, 0) is 0 Å². The largest absolute Gasteiger partial charge is 0.485 e. The van der Waals surface area contributed by atoms with Crippen LogP contribution in [0.3, 0.4) is 0 Å². The molecule has 0 aliphatic heterocycles. The van der Waals surface area contributed by atoms with E-state index in [1.165, 1.54) is 35.6 Å². The van der Waals surface area contributed by atoms with E-state index in [4.69, 9.17) is 4.74 Å². The normalized spacial score (nSPS) is 10.2. The predicted molar refractivity (Wildman–Crippen MR) is 65.3 cm³/mol. The van der Waals surface area contributed by atoms with Crippen molar-refractivity contribution in [2.45, 2.75) is 6.92 Å². The molecule has 0 amide bonds. The number of aryl methyl sites for hydroxylation is 1. The first-order valence-corrected chi connectivity index (χ1v) is 5.95. The topological polar surface area (TPSA) is 26.3 Å². The Hall–Kier alpha value is -1.68. The molecule has 0 spiro atoms. The smallest absolute Gasteiger partial charge is 0.210 e. The third-order valence-electron chi connectivity index (χ3n) is 2.20. The molecular weight excluding hydrogens is 239 g/mol. The van der Waals surface area contributed by atoms with Crippen LogP contribution < -0.4 is 4.74 Å². The second-order valence-corrected chi connectivity index (χ2v) is 4.86. The van der Waals surface area contributed by atoms with Crippen molar-refractivity contribution in [3.8, 4) is 5.75 Å². The third-order valence-corrected chi connectivity index (χ3v) is 3.24. The van der Waals surface area contributed by atoms with Crippen LogP contribution in [0, 0.1) is 12.7 Å². The lowest BCUT2D eigenvalue weighted by atomic mass is 10.3. The van der Waals surface area contributed by atoms with Crippen molar-refractivity contribution in [2.75, 3.05) is 6.61 Å². The van der Waals surface area contributed by atoms with E-state index in [2.05, 4.69) is 0 Å². The minimum Gasteiger partial charge on any atom is -0.485 e. The summed E-state index contributed by atoms with van der Waals surface area (Å²) in [6, 6.07) is 9.29. The molecule has 4 heteroatoms.